The molecule has 0 fully saturated rings. The Morgan fingerprint density at radius 3 is 2.21 bits per heavy atom. The van der Waals surface area contributed by atoms with Gasteiger partial charge in [0.25, 0.3) is 0 Å². The summed E-state index contributed by atoms with van der Waals surface area (Å²) < 4.78 is 39.9. The Morgan fingerprint density at radius 2 is 1.86 bits per heavy atom. The van der Waals surface area contributed by atoms with E-state index in [2.05, 4.69) is 10.3 Å². The molecule has 0 aromatic rings. The Labute approximate surface area is 81.5 Å². The summed E-state index contributed by atoms with van der Waals surface area (Å²) in [5, 5.41) is 0. The Morgan fingerprint density at radius 1 is 1.29 bits per heavy atom. The highest BCUT2D eigenvalue weighted by Crippen LogP contribution is 2.14. The minimum absolute atomic E-state index is 0.142. The second kappa shape index (κ2) is 6.21. The largest absolute Gasteiger partial charge is 0.413 e. The van der Waals surface area contributed by atoms with Gasteiger partial charge in [-0.3, -0.25) is 4.84 Å². The van der Waals surface area contributed by atoms with Crippen LogP contribution in [0.2, 0.25) is 0 Å². The van der Waals surface area contributed by atoms with Gasteiger partial charge in [-0.15, -0.1) is 0 Å². The molecular formula is C8H16F3NO2. The molecule has 0 radical (unpaired) electrons. The lowest BCUT2D eigenvalue weighted by Gasteiger charge is -2.21. The van der Waals surface area contributed by atoms with Crippen LogP contribution >= 0.6 is 0 Å². The highest BCUT2D eigenvalue weighted by Gasteiger charge is 2.28. The molecule has 0 rings (SSSR count). The molecule has 1 unspecified atom stereocenters. The van der Waals surface area contributed by atoms with Gasteiger partial charge in [-0.05, 0) is 5.92 Å². The van der Waals surface area contributed by atoms with Crippen LogP contribution in [0.15, 0.2) is 0 Å². The van der Waals surface area contributed by atoms with E-state index >= 15 is 0 Å². The first-order valence-electron chi connectivity index (χ1n) is 4.30. The second-order valence-electron chi connectivity index (χ2n) is 3.33. The van der Waals surface area contributed by atoms with Gasteiger partial charge in [-0.1, -0.05) is 13.8 Å². The molecule has 3 nitrogen and oxygen atoms in total. The van der Waals surface area contributed by atoms with Crippen molar-refractivity contribution in [2.45, 2.75) is 26.1 Å². The van der Waals surface area contributed by atoms with Crippen molar-refractivity contribution in [3.63, 3.8) is 0 Å². The SMILES string of the molecule is COCC(NOCC(F)(F)F)C(C)C. The molecule has 1 atom stereocenters. The van der Waals surface area contributed by atoms with Crippen LogP contribution in [0.3, 0.4) is 0 Å². The summed E-state index contributed by atoms with van der Waals surface area (Å²) in [4.78, 5) is 4.32. The van der Waals surface area contributed by atoms with Crippen molar-refractivity contribution in [2.24, 2.45) is 5.92 Å². The highest BCUT2D eigenvalue weighted by molar-refractivity contribution is 4.65. The van der Waals surface area contributed by atoms with Crippen LogP contribution in [0.25, 0.3) is 0 Å². The third kappa shape index (κ3) is 7.11. The quantitative estimate of drug-likeness (QED) is 0.684. The Hall–Kier alpha value is -0.330. The standard InChI is InChI=1S/C8H16F3NO2/c1-6(2)7(4-13-3)12-14-5-8(9,10)11/h6-7,12H,4-5H2,1-3H3. The third-order valence-corrected chi connectivity index (χ3v) is 1.62. The van der Waals surface area contributed by atoms with Gasteiger partial charge < -0.3 is 4.74 Å². The van der Waals surface area contributed by atoms with Gasteiger partial charge in [0.15, 0.2) is 6.61 Å². The first kappa shape index (κ1) is 13.7. The molecule has 1 N–H and O–H groups in total. The maximum absolute atomic E-state index is 11.7. The van der Waals surface area contributed by atoms with Crippen molar-refractivity contribution in [1.29, 1.82) is 0 Å². The molecule has 0 spiro atoms. The first-order chi connectivity index (χ1) is 6.37. The van der Waals surface area contributed by atoms with Crippen LogP contribution in [0.4, 0.5) is 13.2 Å². The summed E-state index contributed by atoms with van der Waals surface area (Å²) in [7, 11) is 1.49. The number of halogens is 3. The van der Waals surface area contributed by atoms with Crippen LogP contribution in [0.5, 0.6) is 0 Å². The van der Waals surface area contributed by atoms with Crippen LogP contribution in [-0.4, -0.2) is 32.5 Å². The summed E-state index contributed by atoms with van der Waals surface area (Å²) in [5.41, 5.74) is 2.33. The Kier molecular flexibility index (Phi) is 6.06. The van der Waals surface area contributed by atoms with E-state index in [9.17, 15) is 13.2 Å². The molecule has 0 aliphatic carbocycles. The lowest BCUT2D eigenvalue weighted by atomic mass is 10.1. The first-order valence-corrected chi connectivity index (χ1v) is 4.30. The van der Waals surface area contributed by atoms with E-state index in [1.807, 2.05) is 13.8 Å². The van der Waals surface area contributed by atoms with Gasteiger partial charge in [0.1, 0.15) is 0 Å². The molecule has 0 aliphatic rings. The fourth-order valence-electron chi connectivity index (χ4n) is 0.773. The number of ether oxygens (including phenoxy) is 1. The average Bonchev–Trinajstić information content (AvgIpc) is 2.00. The van der Waals surface area contributed by atoms with Gasteiger partial charge >= 0.3 is 6.18 Å². The number of hydroxylamine groups is 1. The van der Waals surface area contributed by atoms with Crippen molar-refractivity contribution in [2.75, 3.05) is 20.3 Å². The van der Waals surface area contributed by atoms with Crippen molar-refractivity contribution in [3.05, 3.63) is 0 Å². The zero-order chi connectivity index (χ0) is 11.2. The molecule has 0 aliphatic heterocycles. The minimum Gasteiger partial charge on any atom is -0.383 e. The molecule has 0 saturated carbocycles. The highest BCUT2D eigenvalue weighted by atomic mass is 19.4. The van der Waals surface area contributed by atoms with E-state index in [4.69, 9.17) is 4.74 Å². The zero-order valence-electron chi connectivity index (χ0n) is 8.52. The summed E-state index contributed by atoms with van der Waals surface area (Å²) in [6.45, 7) is 2.76. The molecule has 0 amide bonds. The predicted molar refractivity (Wildman–Crippen MR) is 45.6 cm³/mol. The topological polar surface area (TPSA) is 30.5 Å². The van der Waals surface area contributed by atoms with Crippen molar-refractivity contribution in [1.82, 2.24) is 5.48 Å². The van der Waals surface area contributed by atoms with Crippen LogP contribution in [0, 0.1) is 5.92 Å². The molecule has 0 saturated heterocycles. The normalized spacial score (nSPS) is 14.8. The molecule has 86 valence electrons. The fourth-order valence-corrected chi connectivity index (χ4v) is 0.773. The third-order valence-electron chi connectivity index (χ3n) is 1.62. The number of nitrogens with one attached hydrogen (secondary N) is 1. The van der Waals surface area contributed by atoms with Crippen molar-refractivity contribution < 1.29 is 22.7 Å². The summed E-state index contributed by atoms with van der Waals surface area (Å²) in [6, 6.07) is -0.234. The zero-order valence-corrected chi connectivity index (χ0v) is 8.52. The molecule has 0 aromatic carbocycles. The maximum atomic E-state index is 11.7. The number of hydrogen-bond acceptors (Lipinski definition) is 3. The van der Waals surface area contributed by atoms with Gasteiger partial charge in [-0.25, -0.2) is 0 Å². The van der Waals surface area contributed by atoms with Crippen molar-refractivity contribution in [3.8, 4) is 0 Å². The van der Waals surface area contributed by atoms with Crippen LogP contribution in [-0.2, 0) is 9.57 Å². The monoisotopic (exact) mass is 215 g/mol. The lowest BCUT2D eigenvalue weighted by molar-refractivity contribution is -0.195. The van der Waals surface area contributed by atoms with E-state index < -0.39 is 12.8 Å². The maximum Gasteiger partial charge on any atom is 0.413 e. The second-order valence-corrected chi connectivity index (χ2v) is 3.33. The smallest absolute Gasteiger partial charge is 0.383 e. The van der Waals surface area contributed by atoms with Gasteiger partial charge in [-0.2, -0.15) is 18.7 Å². The van der Waals surface area contributed by atoms with E-state index in [0.29, 0.717) is 6.61 Å². The number of rotatable bonds is 6. The van der Waals surface area contributed by atoms with E-state index in [-0.39, 0.29) is 12.0 Å². The van der Waals surface area contributed by atoms with E-state index in [0.717, 1.165) is 0 Å². The van der Waals surface area contributed by atoms with Gasteiger partial charge in [0.2, 0.25) is 0 Å². The Bertz CT molecular complexity index is 150. The molecule has 0 aromatic heterocycles. The number of alkyl halides is 3. The number of hydrogen-bond donors (Lipinski definition) is 1. The Balaban J connectivity index is 3.72. The van der Waals surface area contributed by atoms with E-state index in [1.54, 1.807) is 0 Å². The predicted octanol–water partition coefficient (Wildman–Crippen LogP) is 1.74. The van der Waals surface area contributed by atoms with Gasteiger partial charge in [0.05, 0.1) is 12.6 Å². The summed E-state index contributed by atoms with van der Waals surface area (Å²) >= 11 is 0. The van der Waals surface area contributed by atoms with Crippen LogP contribution in [0.1, 0.15) is 13.8 Å². The van der Waals surface area contributed by atoms with Crippen LogP contribution < -0.4 is 5.48 Å². The molecule has 14 heavy (non-hydrogen) atoms. The summed E-state index contributed by atoms with van der Waals surface area (Å²) in [6.07, 6.45) is -4.30. The molecule has 0 heterocycles. The van der Waals surface area contributed by atoms with Gasteiger partial charge in [0, 0.05) is 7.11 Å². The number of methoxy groups -OCH3 is 1. The average molecular weight is 215 g/mol. The lowest BCUT2D eigenvalue weighted by Crippen LogP contribution is -2.39. The molecule has 6 heteroatoms. The molecule has 0 bridgehead atoms. The summed E-state index contributed by atoms with van der Waals surface area (Å²) in [5.74, 6) is 0.142. The molecular weight excluding hydrogens is 199 g/mol. The minimum atomic E-state index is -4.30. The van der Waals surface area contributed by atoms with E-state index in [1.165, 1.54) is 7.11 Å². The fraction of sp³-hybridized carbons (Fsp3) is 1.00. The van der Waals surface area contributed by atoms with Crippen molar-refractivity contribution >= 4 is 0 Å².